The topological polar surface area (TPSA) is 67.9 Å². The summed E-state index contributed by atoms with van der Waals surface area (Å²) in [6, 6.07) is 14.6. The molecular weight excluding hydrogens is 344 g/mol. The monoisotopic (exact) mass is 368 g/mol. The van der Waals surface area contributed by atoms with Crippen LogP contribution in [-0.4, -0.2) is 38.0 Å². The number of carbonyl (C=O) groups excluding carboxylic acids is 2. The van der Waals surface area contributed by atoms with E-state index in [1.165, 1.54) is 0 Å². The van der Waals surface area contributed by atoms with Crippen LogP contribution in [0, 0.1) is 5.92 Å². The van der Waals surface area contributed by atoms with Gasteiger partial charge in [0.15, 0.2) is 0 Å². The highest BCUT2D eigenvalue weighted by molar-refractivity contribution is 5.96. The zero-order chi connectivity index (χ0) is 19.4. The van der Waals surface area contributed by atoms with Gasteiger partial charge in [0.1, 0.15) is 11.5 Å². The second-order valence-electron chi connectivity index (χ2n) is 6.56. The van der Waals surface area contributed by atoms with Crippen LogP contribution in [0.4, 0.5) is 5.69 Å². The third-order valence-electron chi connectivity index (χ3n) is 5.01. The van der Waals surface area contributed by atoms with Crippen molar-refractivity contribution in [3.05, 3.63) is 54.1 Å². The lowest BCUT2D eigenvalue weighted by Gasteiger charge is -2.38. The average Bonchev–Trinajstić information content (AvgIpc) is 2.70. The minimum absolute atomic E-state index is 0.0509. The Kier molecular flexibility index (Phi) is 5.64. The van der Waals surface area contributed by atoms with Gasteiger partial charge >= 0.3 is 0 Å². The molecule has 1 aliphatic heterocycles. The van der Waals surface area contributed by atoms with Crippen molar-refractivity contribution >= 4 is 17.5 Å². The molecule has 142 valence electrons. The molecule has 2 atom stereocenters. The van der Waals surface area contributed by atoms with E-state index in [4.69, 9.17) is 9.47 Å². The lowest BCUT2D eigenvalue weighted by atomic mass is 9.84. The number of hydrogen-bond acceptors (Lipinski definition) is 4. The first kappa shape index (κ1) is 18.8. The van der Waals surface area contributed by atoms with Gasteiger partial charge in [-0.25, -0.2) is 0 Å². The van der Waals surface area contributed by atoms with Crippen molar-refractivity contribution < 1.29 is 19.1 Å². The number of ether oxygens (including phenoxy) is 2. The predicted molar refractivity (Wildman–Crippen MR) is 103 cm³/mol. The first-order valence-electron chi connectivity index (χ1n) is 8.88. The summed E-state index contributed by atoms with van der Waals surface area (Å²) < 4.78 is 10.6. The fourth-order valence-electron chi connectivity index (χ4n) is 3.55. The van der Waals surface area contributed by atoms with Crippen LogP contribution in [0.3, 0.4) is 0 Å². The number of carbonyl (C=O) groups is 2. The van der Waals surface area contributed by atoms with E-state index in [1.807, 2.05) is 30.3 Å². The molecule has 3 rings (SSSR count). The van der Waals surface area contributed by atoms with Crippen LogP contribution in [0.15, 0.2) is 48.5 Å². The first-order chi connectivity index (χ1) is 13.0. The van der Waals surface area contributed by atoms with Gasteiger partial charge in [0.25, 0.3) is 0 Å². The second-order valence-corrected chi connectivity index (χ2v) is 6.56. The van der Waals surface area contributed by atoms with Crippen molar-refractivity contribution in [1.29, 1.82) is 0 Å². The van der Waals surface area contributed by atoms with Crippen LogP contribution in [0.25, 0.3) is 0 Å². The molecule has 1 aliphatic rings. The number of piperidine rings is 1. The lowest BCUT2D eigenvalue weighted by Crippen LogP contribution is -2.44. The number of anilines is 1. The number of methoxy groups -OCH3 is 2. The van der Waals surface area contributed by atoms with Crippen molar-refractivity contribution in [2.75, 3.05) is 26.6 Å². The molecule has 2 amide bonds. The molecule has 2 aromatic carbocycles. The van der Waals surface area contributed by atoms with Gasteiger partial charge in [0.05, 0.1) is 31.9 Å². The van der Waals surface area contributed by atoms with Gasteiger partial charge in [-0.1, -0.05) is 30.3 Å². The van der Waals surface area contributed by atoms with Crippen LogP contribution in [0.5, 0.6) is 11.5 Å². The average molecular weight is 368 g/mol. The Balaban J connectivity index is 1.87. The summed E-state index contributed by atoms with van der Waals surface area (Å²) >= 11 is 0. The normalized spacial score (nSPS) is 19.5. The quantitative estimate of drug-likeness (QED) is 0.880. The molecule has 27 heavy (non-hydrogen) atoms. The fourth-order valence-corrected chi connectivity index (χ4v) is 3.55. The van der Waals surface area contributed by atoms with Gasteiger partial charge < -0.3 is 19.7 Å². The highest BCUT2D eigenvalue weighted by atomic mass is 16.5. The molecule has 0 bridgehead atoms. The molecule has 0 unspecified atom stereocenters. The number of hydrogen-bond donors (Lipinski definition) is 1. The molecule has 1 saturated heterocycles. The Morgan fingerprint density at radius 1 is 1.11 bits per heavy atom. The highest BCUT2D eigenvalue weighted by Gasteiger charge is 2.39. The van der Waals surface area contributed by atoms with E-state index in [1.54, 1.807) is 44.4 Å². The second kappa shape index (κ2) is 8.12. The maximum Gasteiger partial charge on any atom is 0.230 e. The smallest absolute Gasteiger partial charge is 0.230 e. The fraction of sp³-hybridized carbons (Fsp3) is 0.333. The number of nitrogens with zero attached hydrogens (tertiary/aromatic N) is 1. The summed E-state index contributed by atoms with van der Waals surface area (Å²) in [7, 11) is 4.88. The minimum atomic E-state index is -0.345. The molecule has 0 radical (unpaired) electrons. The molecule has 0 saturated carbocycles. The van der Waals surface area contributed by atoms with E-state index in [0.29, 0.717) is 30.0 Å². The molecule has 0 aliphatic carbocycles. The van der Waals surface area contributed by atoms with Gasteiger partial charge in [-0.3, -0.25) is 9.59 Å². The summed E-state index contributed by atoms with van der Waals surface area (Å²) in [6.07, 6.45) is 0.866. The number of amides is 2. The molecule has 6 nitrogen and oxygen atoms in total. The van der Waals surface area contributed by atoms with Crippen molar-refractivity contribution in [2.24, 2.45) is 5.92 Å². The lowest BCUT2D eigenvalue weighted by molar-refractivity contribution is -0.140. The third-order valence-corrected chi connectivity index (χ3v) is 5.01. The SMILES string of the molecule is COc1ccc(NC(=O)[C@@H]2CCC(=O)N(C)[C@H]2c2ccccc2)c(OC)c1. The molecule has 0 aromatic heterocycles. The zero-order valence-electron chi connectivity index (χ0n) is 15.8. The maximum atomic E-state index is 13.1. The molecule has 1 fully saturated rings. The minimum Gasteiger partial charge on any atom is -0.497 e. The summed E-state index contributed by atoms with van der Waals surface area (Å²) in [5.41, 5.74) is 1.53. The van der Waals surface area contributed by atoms with Crippen molar-refractivity contribution in [3.8, 4) is 11.5 Å². The molecule has 2 aromatic rings. The Hall–Kier alpha value is -3.02. The maximum absolute atomic E-state index is 13.1. The van der Waals surface area contributed by atoms with Crippen LogP contribution in [0.1, 0.15) is 24.4 Å². The molecule has 1 heterocycles. The Labute approximate surface area is 159 Å². The van der Waals surface area contributed by atoms with E-state index in [-0.39, 0.29) is 23.8 Å². The van der Waals surface area contributed by atoms with Crippen LogP contribution >= 0.6 is 0 Å². The summed E-state index contributed by atoms with van der Waals surface area (Å²) in [6.45, 7) is 0. The first-order valence-corrected chi connectivity index (χ1v) is 8.88. The number of benzene rings is 2. The summed E-state index contributed by atoms with van der Waals surface area (Å²) in [5.74, 6) is 0.748. The highest BCUT2D eigenvalue weighted by Crippen LogP contribution is 2.37. The van der Waals surface area contributed by atoms with Gasteiger partial charge in [-0.15, -0.1) is 0 Å². The van der Waals surface area contributed by atoms with Crippen molar-refractivity contribution in [3.63, 3.8) is 0 Å². The predicted octanol–water partition coefficient (Wildman–Crippen LogP) is 3.25. The van der Waals surface area contributed by atoms with E-state index < -0.39 is 0 Å². The summed E-state index contributed by atoms with van der Waals surface area (Å²) in [4.78, 5) is 27.0. The van der Waals surface area contributed by atoms with Gasteiger partial charge in [0, 0.05) is 19.5 Å². The van der Waals surface area contributed by atoms with Crippen LogP contribution in [0.2, 0.25) is 0 Å². The van der Waals surface area contributed by atoms with Gasteiger partial charge in [-0.2, -0.15) is 0 Å². The van der Waals surface area contributed by atoms with Crippen LogP contribution in [-0.2, 0) is 9.59 Å². The molecule has 0 spiro atoms. The number of nitrogens with one attached hydrogen (secondary N) is 1. The number of likely N-dealkylation sites (tertiary alicyclic amines) is 1. The standard InChI is InChI=1S/C21H24N2O4/c1-23-19(24)12-10-16(20(23)14-7-5-4-6-8-14)21(25)22-17-11-9-15(26-2)13-18(17)27-3/h4-9,11,13,16,20H,10,12H2,1-3H3,(H,22,25)/t16-,20+/m1/s1. The van der Waals surface area contributed by atoms with Crippen LogP contribution < -0.4 is 14.8 Å². The largest absolute Gasteiger partial charge is 0.497 e. The van der Waals surface area contributed by atoms with Crippen molar-refractivity contribution in [1.82, 2.24) is 4.90 Å². The van der Waals surface area contributed by atoms with E-state index >= 15 is 0 Å². The van der Waals surface area contributed by atoms with Gasteiger partial charge in [0.2, 0.25) is 11.8 Å². The molecule has 1 N–H and O–H groups in total. The van der Waals surface area contributed by atoms with Crippen molar-refractivity contribution in [2.45, 2.75) is 18.9 Å². The Morgan fingerprint density at radius 2 is 1.85 bits per heavy atom. The summed E-state index contributed by atoms with van der Waals surface area (Å²) in [5, 5.41) is 2.96. The zero-order valence-corrected chi connectivity index (χ0v) is 15.8. The Morgan fingerprint density at radius 3 is 2.52 bits per heavy atom. The number of rotatable bonds is 5. The van der Waals surface area contributed by atoms with Gasteiger partial charge in [-0.05, 0) is 24.1 Å². The molecular formula is C21H24N2O4. The molecule has 6 heteroatoms. The Bertz CT molecular complexity index is 822. The third kappa shape index (κ3) is 3.89. The van der Waals surface area contributed by atoms with E-state index in [0.717, 1.165) is 5.56 Å². The van der Waals surface area contributed by atoms with E-state index in [2.05, 4.69) is 5.32 Å². The van der Waals surface area contributed by atoms with E-state index in [9.17, 15) is 9.59 Å².